The molecule has 7 heteroatoms. The first-order valence-electron chi connectivity index (χ1n) is 7.11. The van der Waals surface area contributed by atoms with Gasteiger partial charge >= 0.3 is 0 Å². The number of hydrogen-bond donors (Lipinski definition) is 3. The molecule has 6 nitrogen and oxygen atoms in total. The van der Waals surface area contributed by atoms with Gasteiger partial charge in [0, 0.05) is 24.0 Å². The summed E-state index contributed by atoms with van der Waals surface area (Å²) < 4.78 is 0. The van der Waals surface area contributed by atoms with Gasteiger partial charge in [0.05, 0.1) is 11.1 Å². The summed E-state index contributed by atoms with van der Waals surface area (Å²) >= 11 is 1.70. The highest BCUT2D eigenvalue weighted by atomic mass is 32.1. The molecule has 3 heterocycles. The summed E-state index contributed by atoms with van der Waals surface area (Å²) in [6, 6.07) is 10.3. The molecule has 23 heavy (non-hydrogen) atoms. The van der Waals surface area contributed by atoms with E-state index >= 15 is 0 Å². The Hall–Kier alpha value is -2.93. The van der Waals surface area contributed by atoms with Gasteiger partial charge in [0.1, 0.15) is 0 Å². The molecule has 1 aromatic carbocycles. The van der Waals surface area contributed by atoms with Crippen LogP contribution in [0.2, 0.25) is 0 Å². The van der Waals surface area contributed by atoms with Crippen LogP contribution in [0.25, 0.3) is 22.3 Å². The summed E-state index contributed by atoms with van der Waals surface area (Å²) in [6.45, 7) is 0.802. The predicted octanol–water partition coefficient (Wildman–Crippen LogP) is 3.28. The number of hydrogen-bond acceptors (Lipinski definition) is 6. The second kappa shape index (κ2) is 5.69. The summed E-state index contributed by atoms with van der Waals surface area (Å²) in [4.78, 5) is 8.17. The maximum absolute atomic E-state index is 5.60. The molecular formula is C16H14N6S. The lowest BCUT2D eigenvalue weighted by atomic mass is 10.1. The van der Waals surface area contributed by atoms with E-state index in [0.717, 1.165) is 28.9 Å². The third-order valence-corrected chi connectivity index (χ3v) is 4.29. The third kappa shape index (κ3) is 2.74. The van der Waals surface area contributed by atoms with Crippen LogP contribution in [0.4, 0.5) is 11.6 Å². The van der Waals surface area contributed by atoms with Gasteiger partial charge in [0.2, 0.25) is 5.95 Å². The minimum Gasteiger partial charge on any atom is -0.381 e. The number of fused-ring (bicyclic) bond motifs is 1. The molecular weight excluding hydrogens is 308 g/mol. The van der Waals surface area contributed by atoms with Gasteiger partial charge in [0.25, 0.3) is 0 Å². The molecule has 4 aromatic rings. The van der Waals surface area contributed by atoms with Crippen LogP contribution in [0.15, 0.2) is 47.3 Å². The van der Waals surface area contributed by atoms with E-state index in [4.69, 9.17) is 5.73 Å². The van der Waals surface area contributed by atoms with Crippen molar-refractivity contribution in [2.75, 3.05) is 11.1 Å². The van der Waals surface area contributed by atoms with Crippen LogP contribution >= 0.6 is 11.3 Å². The van der Waals surface area contributed by atoms with Crippen LogP contribution in [0.5, 0.6) is 0 Å². The molecule has 0 aliphatic heterocycles. The van der Waals surface area contributed by atoms with Gasteiger partial charge in [-0.3, -0.25) is 5.10 Å². The van der Waals surface area contributed by atoms with Gasteiger partial charge in [-0.2, -0.15) is 21.4 Å². The zero-order valence-electron chi connectivity index (χ0n) is 12.2. The van der Waals surface area contributed by atoms with Crippen molar-refractivity contribution in [2.45, 2.75) is 6.54 Å². The molecule has 3 aromatic heterocycles. The topological polar surface area (TPSA) is 92.5 Å². The first kappa shape index (κ1) is 13.7. The van der Waals surface area contributed by atoms with E-state index in [1.54, 1.807) is 17.5 Å². The lowest BCUT2D eigenvalue weighted by Gasteiger charge is -2.07. The maximum atomic E-state index is 5.60. The fraction of sp³-hybridized carbons (Fsp3) is 0.0625. The van der Waals surface area contributed by atoms with Gasteiger partial charge in [-0.15, -0.1) is 0 Å². The van der Waals surface area contributed by atoms with Crippen LogP contribution in [0.3, 0.4) is 0 Å². The van der Waals surface area contributed by atoms with Crippen LogP contribution < -0.4 is 11.1 Å². The Kier molecular flexibility index (Phi) is 3.39. The summed E-state index contributed by atoms with van der Waals surface area (Å²) in [5.74, 6) is 0.224. The van der Waals surface area contributed by atoms with Crippen molar-refractivity contribution in [3.05, 3.63) is 52.9 Å². The number of aromatic nitrogens is 4. The number of nitrogens with two attached hydrogens (primary N) is 1. The second-order valence-electron chi connectivity index (χ2n) is 5.13. The first-order valence-corrected chi connectivity index (χ1v) is 8.06. The highest BCUT2D eigenvalue weighted by Crippen LogP contribution is 2.27. The smallest absolute Gasteiger partial charge is 0.222 e. The molecule has 0 atom stereocenters. The van der Waals surface area contributed by atoms with E-state index < -0.39 is 0 Å². The Bertz CT molecular complexity index is 944. The maximum Gasteiger partial charge on any atom is 0.222 e. The second-order valence-corrected chi connectivity index (χ2v) is 5.91. The number of nitrogen functional groups attached to an aromatic ring is 1. The Morgan fingerprint density at radius 2 is 2.22 bits per heavy atom. The van der Waals surface area contributed by atoms with Crippen LogP contribution in [-0.4, -0.2) is 20.2 Å². The normalized spacial score (nSPS) is 11.0. The van der Waals surface area contributed by atoms with E-state index in [9.17, 15) is 0 Å². The van der Waals surface area contributed by atoms with Gasteiger partial charge in [-0.05, 0) is 34.5 Å². The van der Waals surface area contributed by atoms with E-state index in [2.05, 4.69) is 48.4 Å². The molecule has 0 radical (unpaired) electrons. The van der Waals surface area contributed by atoms with Crippen molar-refractivity contribution < 1.29 is 0 Å². The summed E-state index contributed by atoms with van der Waals surface area (Å²) in [5.41, 5.74) is 10.4. The highest BCUT2D eigenvalue weighted by Gasteiger charge is 2.10. The average molecular weight is 322 g/mol. The number of thiophene rings is 1. The SMILES string of the molecule is Nc1ncc2c(-c3cccc(NCc4ccsc4)c3)[nH]nc2n1. The number of nitrogens with zero attached hydrogens (tertiary/aromatic N) is 3. The van der Waals surface area contributed by atoms with Crippen molar-refractivity contribution in [1.82, 2.24) is 20.2 Å². The molecule has 0 amide bonds. The first-order chi connectivity index (χ1) is 11.3. The van der Waals surface area contributed by atoms with E-state index in [1.165, 1.54) is 5.56 Å². The number of benzene rings is 1. The van der Waals surface area contributed by atoms with Crippen molar-refractivity contribution >= 4 is 34.0 Å². The Balaban J connectivity index is 1.64. The molecule has 0 aliphatic rings. The summed E-state index contributed by atoms with van der Waals surface area (Å²) in [5, 5.41) is 15.7. The van der Waals surface area contributed by atoms with Crippen LogP contribution in [0, 0.1) is 0 Å². The molecule has 0 spiro atoms. The number of nitrogens with one attached hydrogen (secondary N) is 2. The molecule has 0 unspecified atom stereocenters. The fourth-order valence-corrected chi connectivity index (χ4v) is 3.09. The molecule has 0 bridgehead atoms. The predicted molar refractivity (Wildman–Crippen MR) is 93.2 cm³/mol. The van der Waals surface area contributed by atoms with Gasteiger partial charge < -0.3 is 11.1 Å². The number of rotatable bonds is 4. The molecule has 0 fully saturated rings. The standard InChI is InChI=1S/C16H14N6S/c17-16-19-8-13-14(21-22-15(13)20-16)11-2-1-3-12(6-11)18-7-10-4-5-23-9-10/h1-6,8-9,18H,7H2,(H3,17,19,20,21,22). The minimum absolute atomic E-state index is 0.224. The average Bonchev–Trinajstić information content (AvgIpc) is 3.22. The van der Waals surface area contributed by atoms with E-state index in [-0.39, 0.29) is 5.95 Å². The number of aromatic amines is 1. The Labute approximate surface area is 136 Å². The third-order valence-electron chi connectivity index (χ3n) is 3.56. The van der Waals surface area contributed by atoms with Crippen molar-refractivity contribution in [2.24, 2.45) is 0 Å². The summed E-state index contributed by atoms with van der Waals surface area (Å²) in [7, 11) is 0. The monoisotopic (exact) mass is 322 g/mol. The number of H-pyrrole nitrogens is 1. The van der Waals surface area contributed by atoms with Gasteiger partial charge in [0.15, 0.2) is 5.65 Å². The van der Waals surface area contributed by atoms with Crippen molar-refractivity contribution in [3.63, 3.8) is 0 Å². The molecule has 0 saturated carbocycles. The van der Waals surface area contributed by atoms with Crippen LogP contribution in [-0.2, 0) is 6.54 Å². The molecule has 4 N–H and O–H groups in total. The summed E-state index contributed by atoms with van der Waals surface area (Å²) in [6.07, 6.45) is 1.70. The quantitative estimate of drug-likeness (QED) is 0.536. The van der Waals surface area contributed by atoms with E-state index in [1.807, 2.05) is 18.2 Å². The lowest BCUT2D eigenvalue weighted by molar-refractivity contribution is 1.09. The Morgan fingerprint density at radius 1 is 1.26 bits per heavy atom. The molecule has 0 aliphatic carbocycles. The molecule has 0 saturated heterocycles. The van der Waals surface area contributed by atoms with Crippen molar-refractivity contribution in [3.8, 4) is 11.3 Å². The van der Waals surface area contributed by atoms with Crippen molar-refractivity contribution in [1.29, 1.82) is 0 Å². The lowest BCUT2D eigenvalue weighted by Crippen LogP contribution is -1.98. The minimum atomic E-state index is 0.224. The van der Waals surface area contributed by atoms with E-state index in [0.29, 0.717) is 5.65 Å². The van der Waals surface area contributed by atoms with Gasteiger partial charge in [-0.1, -0.05) is 12.1 Å². The zero-order valence-corrected chi connectivity index (χ0v) is 13.0. The number of anilines is 2. The molecule has 114 valence electrons. The molecule has 4 rings (SSSR count). The Morgan fingerprint density at radius 3 is 3.09 bits per heavy atom. The zero-order chi connectivity index (χ0) is 15.6. The van der Waals surface area contributed by atoms with Crippen LogP contribution in [0.1, 0.15) is 5.56 Å². The largest absolute Gasteiger partial charge is 0.381 e. The van der Waals surface area contributed by atoms with Gasteiger partial charge in [-0.25, -0.2) is 4.98 Å². The highest BCUT2D eigenvalue weighted by molar-refractivity contribution is 7.07. The fourth-order valence-electron chi connectivity index (χ4n) is 2.42.